The van der Waals surface area contributed by atoms with Crippen molar-refractivity contribution in [2.75, 3.05) is 12.8 Å². The van der Waals surface area contributed by atoms with Crippen LogP contribution in [0.15, 0.2) is 47.2 Å². The van der Waals surface area contributed by atoms with E-state index in [1.54, 1.807) is 11.3 Å². The van der Waals surface area contributed by atoms with E-state index in [0.717, 1.165) is 35.4 Å². The number of rotatable bonds is 4. The van der Waals surface area contributed by atoms with Gasteiger partial charge < -0.3 is 5.73 Å². The molecule has 0 aliphatic carbocycles. The fraction of sp³-hybridized carbons (Fsp3) is 0.188. The number of benzene rings is 1. The van der Waals surface area contributed by atoms with Gasteiger partial charge in [0.05, 0.1) is 11.2 Å². The van der Waals surface area contributed by atoms with Gasteiger partial charge in [0.15, 0.2) is 0 Å². The molecule has 0 saturated heterocycles. The summed E-state index contributed by atoms with van der Waals surface area (Å²) in [5.41, 5.74) is 10.2. The second-order valence-corrected chi connectivity index (χ2v) is 5.80. The predicted octanol–water partition coefficient (Wildman–Crippen LogP) is 3.51. The summed E-state index contributed by atoms with van der Waals surface area (Å²) in [5.74, 6) is 0. The number of nitrogens with two attached hydrogens (primary N) is 1. The zero-order valence-electron chi connectivity index (χ0n) is 11.4. The number of nitrogens with zero attached hydrogens (tertiary/aromatic N) is 2. The average molecular weight is 283 g/mol. The van der Waals surface area contributed by atoms with Crippen LogP contribution < -0.4 is 5.73 Å². The summed E-state index contributed by atoms with van der Waals surface area (Å²) in [6.07, 6.45) is 0. The van der Waals surface area contributed by atoms with E-state index in [-0.39, 0.29) is 0 Å². The van der Waals surface area contributed by atoms with Gasteiger partial charge in [-0.05, 0) is 41.6 Å². The molecule has 0 saturated carbocycles. The fourth-order valence-electron chi connectivity index (χ4n) is 2.37. The molecule has 0 bridgehead atoms. The number of para-hydroxylation sites is 1. The van der Waals surface area contributed by atoms with Crippen LogP contribution in [0.5, 0.6) is 0 Å². The molecule has 3 rings (SSSR count). The van der Waals surface area contributed by atoms with Gasteiger partial charge in [-0.2, -0.15) is 11.3 Å². The Morgan fingerprint density at radius 1 is 1.20 bits per heavy atom. The zero-order chi connectivity index (χ0) is 13.9. The summed E-state index contributed by atoms with van der Waals surface area (Å²) in [6.45, 7) is 1.72. The molecule has 2 heterocycles. The van der Waals surface area contributed by atoms with Gasteiger partial charge in [-0.1, -0.05) is 18.2 Å². The molecular formula is C16H17N3S. The Morgan fingerprint density at radius 2 is 2.05 bits per heavy atom. The molecular weight excluding hydrogens is 266 g/mol. The molecule has 0 aliphatic rings. The number of hydrogen-bond acceptors (Lipinski definition) is 4. The van der Waals surface area contributed by atoms with Crippen LogP contribution in [0, 0.1) is 0 Å². The summed E-state index contributed by atoms with van der Waals surface area (Å²) in [5, 5.41) is 5.31. The van der Waals surface area contributed by atoms with Gasteiger partial charge in [-0.3, -0.25) is 9.88 Å². The highest BCUT2D eigenvalue weighted by Gasteiger charge is 2.06. The highest BCUT2D eigenvalue weighted by Crippen LogP contribution is 2.21. The first-order valence-electron chi connectivity index (χ1n) is 6.56. The van der Waals surface area contributed by atoms with Crippen LogP contribution in [-0.4, -0.2) is 16.9 Å². The van der Waals surface area contributed by atoms with Crippen molar-refractivity contribution < 1.29 is 0 Å². The first kappa shape index (κ1) is 13.1. The van der Waals surface area contributed by atoms with Gasteiger partial charge in [0.25, 0.3) is 0 Å². The molecule has 0 atom stereocenters. The zero-order valence-corrected chi connectivity index (χ0v) is 12.2. The Kier molecular flexibility index (Phi) is 3.67. The molecule has 0 spiro atoms. The minimum absolute atomic E-state index is 0.797. The van der Waals surface area contributed by atoms with Gasteiger partial charge in [0, 0.05) is 24.2 Å². The quantitative estimate of drug-likeness (QED) is 0.796. The van der Waals surface area contributed by atoms with Crippen molar-refractivity contribution in [1.29, 1.82) is 0 Å². The minimum atomic E-state index is 0.797. The van der Waals surface area contributed by atoms with E-state index in [4.69, 9.17) is 5.73 Å². The Bertz CT molecular complexity index is 707. The van der Waals surface area contributed by atoms with Gasteiger partial charge in [0.2, 0.25) is 0 Å². The summed E-state index contributed by atoms with van der Waals surface area (Å²) in [6, 6.07) is 12.1. The fourth-order valence-corrected chi connectivity index (χ4v) is 3.03. The maximum Gasteiger partial charge on any atom is 0.0726 e. The van der Waals surface area contributed by atoms with Crippen LogP contribution in [0.25, 0.3) is 10.9 Å². The molecule has 2 aromatic heterocycles. The average Bonchev–Trinajstić information content (AvgIpc) is 2.91. The lowest BCUT2D eigenvalue weighted by Gasteiger charge is -2.16. The Hall–Kier alpha value is -1.91. The van der Waals surface area contributed by atoms with Gasteiger partial charge in [-0.25, -0.2) is 0 Å². The number of aromatic nitrogens is 1. The van der Waals surface area contributed by atoms with Crippen molar-refractivity contribution in [1.82, 2.24) is 9.88 Å². The summed E-state index contributed by atoms with van der Waals surface area (Å²) in [7, 11) is 2.10. The largest absolute Gasteiger partial charge is 0.398 e. The first-order valence-corrected chi connectivity index (χ1v) is 7.50. The molecule has 3 aromatic rings. The second-order valence-electron chi connectivity index (χ2n) is 5.02. The Morgan fingerprint density at radius 3 is 2.85 bits per heavy atom. The number of nitrogen functional groups attached to an aromatic ring is 1. The normalized spacial score (nSPS) is 11.3. The molecule has 0 fully saturated rings. The molecule has 4 heteroatoms. The summed E-state index contributed by atoms with van der Waals surface area (Å²) < 4.78 is 0. The lowest BCUT2D eigenvalue weighted by molar-refractivity contribution is 0.316. The third kappa shape index (κ3) is 2.81. The van der Waals surface area contributed by atoms with E-state index >= 15 is 0 Å². The second kappa shape index (κ2) is 5.61. The molecule has 1 aromatic carbocycles. The van der Waals surface area contributed by atoms with Crippen molar-refractivity contribution in [2.45, 2.75) is 13.1 Å². The van der Waals surface area contributed by atoms with Crippen LogP contribution >= 0.6 is 11.3 Å². The van der Waals surface area contributed by atoms with Crippen molar-refractivity contribution in [3.63, 3.8) is 0 Å². The number of anilines is 1. The van der Waals surface area contributed by atoms with Crippen molar-refractivity contribution in [3.8, 4) is 0 Å². The van der Waals surface area contributed by atoms with E-state index in [1.165, 1.54) is 5.56 Å². The predicted molar refractivity (Wildman–Crippen MR) is 85.6 cm³/mol. The molecule has 2 N–H and O–H groups in total. The molecule has 0 unspecified atom stereocenters. The smallest absolute Gasteiger partial charge is 0.0726 e. The third-order valence-corrected chi connectivity index (χ3v) is 4.00. The van der Waals surface area contributed by atoms with Gasteiger partial charge in [0.1, 0.15) is 0 Å². The van der Waals surface area contributed by atoms with E-state index in [9.17, 15) is 0 Å². The van der Waals surface area contributed by atoms with E-state index in [0.29, 0.717) is 0 Å². The van der Waals surface area contributed by atoms with Crippen LogP contribution in [0.1, 0.15) is 11.3 Å². The molecule has 20 heavy (non-hydrogen) atoms. The molecule has 0 aliphatic heterocycles. The highest BCUT2D eigenvalue weighted by molar-refractivity contribution is 7.07. The number of thiophene rings is 1. The van der Waals surface area contributed by atoms with Crippen LogP contribution in [0.4, 0.5) is 5.69 Å². The van der Waals surface area contributed by atoms with Gasteiger partial charge in [-0.15, -0.1) is 0 Å². The third-order valence-electron chi connectivity index (χ3n) is 3.27. The van der Waals surface area contributed by atoms with Crippen molar-refractivity contribution >= 4 is 27.9 Å². The standard InChI is InChI=1S/C16H17N3S/c1-19(9-12-6-7-20-11-12)10-13-8-15(17)14-4-2-3-5-16(14)18-13/h2-8,11H,9-10H2,1H3,(H2,17,18). The SMILES string of the molecule is CN(Cc1ccsc1)Cc1cc(N)c2ccccc2n1. The minimum Gasteiger partial charge on any atom is -0.398 e. The monoisotopic (exact) mass is 283 g/mol. The Balaban J connectivity index is 1.80. The lowest BCUT2D eigenvalue weighted by Crippen LogP contribution is -2.17. The lowest BCUT2D eigenvalue weighted by atomic mass is 10.1. The summed E-state index contributed by atoms with van der Waals surface area (Å²) >= 11 is 1.73. The molecule has 0 amide bonds. The van der Waals surface area contributed by atoms with Crippen LogP contribution in [0.3, 0.4) is 0 Å². The maximum atomic E-state index is 6.11. The van der Waals surface area contributed by atoms with E-state index in [1.807, 2.05) is 30.3 Å². The highest BCUT2D eigenvalue weighted by atomic mass is 32.1. The van der Waals surface area contributed by atoms with Gasteiger partial charge >= 0.3 is 0 Å². The topological polar surface area (TPSA) is 42.1 Å². The number of pyridine rings is 1. The maximum absolute atomic E-state index is 6.11. The first-order chi connectivity index (χ1) is 9.72. The molecule has 102 valence electrons. The number of hydrogen-bond donors (Lipinski definition) is 1. The Labute approximate surface area is 122 Å². The van der Waals surface area contributed by atoms with E-state index in [2.05, 4.69) is 33.8 Å². The van der Waals surface area contributed by atoms with E-state index < -0.39 is 0 Å². The van der Waals surface area contributed by atoms with Crippen LogP contribution in [0.2, 0.25) is 0 Å². The van der Waals surface area contributed by atoms with Crippen LogP contribution in [-0.2, 0) is 13.1 Å². The summed E-state index contributed by atoms with van der Waals surface area (Å²) in [4.78, 5) is 6.93. The molecule has 3 nitrogen and oxygen atoms in total. The van der Waals surface area contributed by atoms with Crippen molar-refractivity contribution in [2.24, 2.45) is 0 Å². The van der Waals surface area contributed by atoms with Crippen molar-refractivity contribution in [3.05, 3.63) is 58.4 Å². The molecule has 0 radical (unpaired) electrons. The number of fused-ring (bicyclic) bond motifs is 1.